The Morgan fingerprint density at radius 3 is 2.59 bits per heavy atom. The highest BCUT2D eigenvalue weighted by Gasteiger charge is 2.50. The quantitative estimate of drug-likeness (QED) is 0.312. The Bertz CT molecular complexity index is 2010. The van der Waals surface area contributed by atoms with Crippen molar-refractivity contribution in [2.75, 3.05) is 36.2 Å². The topological polar surface area (TPSA) is 116 Å². The van der Waals surface area contributed by atoms with Gasteiger partial charge >= 0.3 is 0 Å². The Morgan fingerprint density at radius 2 is 1.80 bits per heavy atom. The second kappa shape index (κ2) is 11.7. The summed E-state index contributed by atoms with van der Waals surface area (Å²) in [7, 11) is 0. The highest BCUT2D eigenvalue weighted by molar-refractivity contribution is 6.22. The number of carbonyl (C=O) groups excluding carboxylic acids is 3. The van der Waals surface area contributed by atoms with E-state index in [1.54, 1.807) is 12.3 Å². The molecule has 1 amide bonds. The molecular weight excluding hydrogens is 578 g/mol. The maximum absolute atomic E-state index is 14.5. The Hall–Kier alpha value is -5.15. The van der Waals surface area contributed by atoms with Crippen LogP contribution >= 0.6 is 0 Å². The van der Waals surface area contributed by atoms with Crippen LogP contribution in [0, 0.1) is 12.8 Å². The van der Waals surface area contributed by atoms with E-state index in [-0.39, 0.29) is 43.7 Å². The number of amides is 1. The fourth-order valence-corrected chi connectivity index (χ4v) is 7.05. The van der Waals surface area contributed by atoms with E-state index in [4.69, 9.17) is 0 Å². The highest BCUT2D eigenvalue weighted by Crippen LogP contribution is 2.44. The van der Waals surface area contributed by atoms with Crippen molar-refractivity contribution in [2.24, 2.45) is 5.92 Å². The van der Waals surface area contributed by atoms with Crippen molar-refractivity contribution in [1.82, 2.24) is 15.3 Å². The number of aliphatic hydroxyl groups excluding tert-OH is 1. The molecule has 7 rings (SSSR count). The molecule has 232 valence electrons. The van der Waals surface area contributed by atoms with Gasteiger partial charge in [0, 0.05) is 24.6 Å². The molecule has 0 spiro atoms. The van der Waals surface area contributed by atoms with E-state index in [1.807, 2.05) is 66.1 Å². The molecule has 2 aliphatic carbocycles. The molecule has 0 saturated heterocycles. The van der Waals surface area contributed by atoms with Crippen molar-refractivity contribution in [3.8, 4) is 11.1 Å². The molecule has 9 nitrogen and oxygen atoms in total. The predicted molar refractivity (Wildman–Crippen MR) is 177 cm³/mol. The molecule has 2 unspecified atom stereocenters. The van der Waals surface area contributed by atoms with Gasteiger partial charge in [-0.05, 0) is 65.5 Å². The van der Waals surface area contributed by atoms with Crippen molar-refractivity contribution < 1.29 is 19.5 Å². The second-order valence-electron chi connectivity index (χ2n) is 12.3. The average Bonchev–Trinajstić information content (AvgIpc) is 3.43. The average molecular weight is 614 g/mol. The first-order valence-electron chi connectivity index (χ1n) is 15.6. The van der Waals surface area contributed by atoms with Gasteiger partial charge in [-0.25, -0.2) is 9.97 Å². The molecule has 1 aliphatic heterocycles. The zero-order valence-electron chi connectivity index (χ0n) is 25.9. The minimum Gasteiger partial charge on any atom is -0.396 e. The third-order valence-corrected chi connectivity index (χ3v) is 9.51. The van der Waals surface area contributed by atoms with E-state index >= 15 is 0 Å². The standard InChI is InChI=1S/C37H35N5O4/c1-23-7-9-24(10-8-23)13-15-39-34(45)20-41-22-42(36-32(41)19-38-21-40-36)37(2)31-12-11-27-26-5-3-4-6-28(26)33(44)18-29(27)30(31)17-25(14-16-43)35(37)46/h3-12,17-19,21,25,43H,13-16,20,22H2,1-2H3,(H,39,45). The van der Waals surface area contributed by atoms with Crippen LogP contribution in [0.5, 0.6) is 0 Å². The van der Waals surface area contributed by atoms with Crippen LogP contribution in [0.15, 0.2) is 73.2 Å². The normalized spacial score (nSPS) is 19.4. The van der Waals surface area contributed by atoms with E-state index in [0.717, 1.165) is 39.1 Å². The molecule has 9 heteroatoms. The van der Waals surface area contributed by atoms with Crippen LogP contribution in [-0.2, 0) is 21.5 Å². The van der Waals surface area contributed by atoms with E-state index in [2.05, 4.69) is 39.6 Å². The summed E-state index contributed by atoms with van der Waals surface area (Å²) >= 11 is 0. The lowest BCUT2D eigenvalue weighted by Gasteiger charge is -2.43. The number of ketones is 2. The summed E-state index contributed by atoms with van der Waals surface area (Å²) in [4.78, 5) is 53.5. The van der Waals surface area contributed by atoms with Gasteiger partial charge in [0.2, 0.25) is 5.91 Å². The lowest BCUT2D eigenvalue weighted by Crippen LogP contribution is -2.59. The van der Waals surface area contributed by atoms with Crippen molar-refractivity contribution in [2.45, 2.75) is 32.2 Å². The van der Waals surface area contributed by atoms with Crippen LogP contribution in [0.1, 0.15) is 40.4 Å². The largest absolute Gasteiger partial charge is 0.396 e. The summed E-state index contributed by atoms with van der Waals surface area (Å²) in [6.45, 7) is 4.57. The Morgan fingerprint density at radius 1 is 1.02 bits per heavy atom. The minimum absolute atomic E-state index is 0.0668. The minimum atomic E-state index is -1.20. The fraction of sp³-hybridized carbons (Fsp3) is 0.270. The number of Topliss-reactive ketones (excluding diaryl/α,β-unsaturated/α-hetero) is 2. The van der Waals surface area contributed by atoms with Gasteiger partial charge in [-0.3, -0.25) is 14.4 Å². The van der Waals surface area contributed by atoms with Crippen molar-refractivity contribution in [3.05, 3.63) is 106 Å². The molecular formula is C37H35N5O4. The lowest BCUT2D eigenvalue weighted by atomic mass is 9.72. The van der Waals surface area contributed by atoms with Gasteiger partial charge in [0.05, 0.1) is 19.4 Å². The number of anilines is 2. The number of aromatic nitrogens is 2. The number of aliphatic hydroxyl groups is 1. The maximum Gasteiger partial charge on any atom is 0.239 e. The number of carbonyl (C=O) groups is 3. The molecule has 0 saturated carbocycles. The number of hydrogen-bond donors (Lipinski definition) is 2. The van der Waals surface area contributed by atoms with Gasteiger partial charge in [0.25, 0.3) is 0 Å². The number of nitrogens with one attached hydrogen (secondary N) is 1. The molecule has 3 aromatic carbocycles. The summed E-state index contributed by atoms with van der Waals surface area (Å²) in [6.07, 6.45) is 7.65. The number of benzene rings is 3. The van der Waals surface area contributed by atoms with E-state index in [1.165, 1.54) is 11.9 Å². The first-order chi connectivity index (χ1) is 22.3. The number of nitrogens with zero attached hydrogens (tertiary/aromatic N) is 4. The molecule has 3 aliphatic rings. The second-order valence-corrected chi connectivity index (χ2v) is 12.3. The summed E-state index contributed by atoms with van der Waals surface area (Å²) in [5.74, 6) is -0.334. The first-order valence-corrected chi connectivity index (χ1v) is 15.6. The lowest BCUT2D eigenvalue weighted by molar-refractivity contribution is -0.127. The van der Waals surface area contributed by atoms with Gasteiger partial charge in [-0.2, -0.15) is 0 Å². The van der Waals surface area contributed by atoms with E-state index < -0.39 is 11.5 Å². The van der Waals surface area contributed by atoms with Gasteiger partial charge in [0.1, 0.15) is 17.6 Å². The van der Waals surface area contributed by atoms with Crippen LogP contribution in [-0.4, -0.2) is 58.9 Å². The Kier molecular flexibility index (Phi) is 7.49. The van der Waals surface area contributed by atoms with Crippen LogP contribution in [0.4, 0.5) is 11.5 Å². The Labute approximate surface area is 266 Å². The van der Waals surface area contributed by atoms with Gasteiger partial charge in [-0.15, -0.1) is 0 Å². The Balaban J connectivity index is 1.24. The van der Waals surface area contributed by atoms with Crippen molar-refractivity contribution >= 4 is 41.1 Å². The predicted octanol–water partition coefficient (Wildman–Crippen LogP) is 2.65. The number of rotatable bonds is 8. The fourth-order valence-electron chi connectivity index (χ4n) is 7.05. The van der Waals surface area contributed by atoms with Crippen LogP contribution < -0.4 is 25.6 Å². The summed E-state index contributed by atoms with van der Waals surface area (Å²) < 4.78 is 0. The van der Waals surface area contributed by atoms with Gasteiger partial charge in [0.15, 0.2) is 17.4 Å². The van der Waals surface area contributed by atoms with Gasteiger partial charge < -0.3 is 20.2 Å². The van der Waals surface area contributed by atoms with Gasteiger partial charge in [-0.1, -0.05) is 72.3 Å². The molecule has 2 N–H and O–H groups in total. The highest BCUT2D eigenvalue weighted by atomic mass is 16.3. The smallest absolute Gasteiger partial charge is 0.239 e. The first kappa shape index (κ1) is 29.6. The molecule has 2 heterocycles. The molecule has 2 atom stereocenters. The molecule has 46 heavy (non-hydrogen) atoms. The summed E-state index contributed by atoms with van der Waals surface area (Å²) in [5.41, 5.74) is 4.99. The van der Waals surface area contributed by atoms with Crippen LogP contribution in [0.25, 0.3) is 23.3 Å². The SMILES string of the molecule is Cc1ccc(CCNC(=O)CN2CN(C3(C)C(=O)C(CCO)C=c4c3ccc3c4=CC(=O)c4ccccc4-3)c3ncncc32)cc1. The number of fused-ring (bicyclic) bond motifs is 6. The molecule has 1 aromatic heterocycles. The van der Waals surface area contributed by atoms with E-state index in [0.29, 0.717) is 23.6 Å². The van der Waals surface area contributed by atoms with Crippen LogP contribution in [0.2, 0.25) is 0 Å². The number of aryl methyl sites for hydroxylation is 1. The molecule has 0 bridgehead atoms. The van der Waals surface area contributed by atoms with Crippen molar-refractivity contribution in [3.63, 3.8) is 0 Å². The summed E-state index contributed by atoms with van der Waals surface area (Å²) in [5, 5.41) is 14.6. The van der Waals surface area contributed by atoms with Crippen molar-refractivity contribution in [1.29, 1.82) is 0 Å². The van der Waals surface area contributed by atoms with Crippen LogP contribution in [0.3, 0.4) is 0 Å². The third kappa shape index (κ3) is 4.87. The molecule has 0 fully saturated rings. The maximum atomic E-state index is 14.5. The van der Waals surface area contributed by atoms with E-state index in [9.17, 15) is 19.5 Å². The molecule has 4 aromatic rings. The zero-order chi connectivity index (χ0) is 32.0. The third-order valence-electron chi connectivity index (χ3n) is 9.51. The number of hydrogen-bond acceptors (Lipinski definition) is 8. The summed E-state index contributed by atoms with van der Waals surface area (Å²) in [6, 6.07) is 19.8. The zero-order valence-corrected chi connectivity index (χ0v) is 25.9. The monoisotopic (exact) mass is 613 g/mol. The molecule has 0 radical (unpaired) electrons.